The van der Waals surface area contributed by atoms with Crippen molar-refractivity contribution >= 4 is 11.8 Å². The molecule has 1 N–H and O–H groups in total. The Morgan fingerprint density at radius 2 is 2.13 bits per heavy atom. The Balaban J connectivity index is 1.83. The molecule has 0 aromatic heterocycles. The van der Waals surface area contributed by atoms with E-state index in [-0.39, 0.29) is 0 Å². The van der Waals surface area contributed by atoms with Crippen LogP contribution in [0.25, 0.3) is 0 Å². The highest BCUT2D eigenvalue weighted by Crippen LogP contribution is 2.31. The van der Waals surface area contributed by atoms with Crippen LogP contribution in [0.5, 0.6) is 0 Å². The Bertz CT molecular complexity index is 198. The monoisotopic (exact) mass is 228 g/mol. The minimum absolute atomic E-state index is 0.750. The lowest BCUT2D eigenvalue weighted by atomic mass is 9.94. The fraction of sp³-hybridized carbons (Fsp3) is 1.00. The van der Waals surface area contributed by atoms with Crippen LogP contribution >= 0.6 is 11.8 Å². The Labute approximate surface area is 98.2 Å². The number of hydrogen-bond donors (Lipinski definition) is 1. The quantitative estimate of drug-likeness (QED) is 0.795. The van der Waals surface area contributed by atoms with E-state index in [0.29, 0.717) is 0 Å². The van der Waals surface area contributed by atoms with Crippen molar-refractivity contribution in [1.82, 2.24) is 10.2 Å². The zero-order chi connectivity index (χ0) is 10.7. The molecule has 0 spiro atoms. The normalized spacial score (nSPS) is 38.4. The van der Waals surface area contributed by atoms with Crippen LogP contribution in [0.15, 0.2) is 0 Å². The summed E-state index contributed by atoms with van der Waals surface area (Å²) in [5.74, 6) is 0. The van der Waals surface area contributed by atoms with Gasteiger partial charge in [-0.3, -0.25) is 4.90 Å². The summed E-state index contributed by atoms with van der Waals surface area (Å²) in [7, 11) is 2.10. The molecule has 1 aliphatic carbocycles. The van der Waals surface area contributed by atoms with Gasteiger partial charge in [-0.15, -0.1) is 0 Å². The van der Waals surface area contributed by atoms with E-state index < -0.39 is 0 Å². The van der Waals surface area contributed by atoms with E-state index in [0.717, 1.165) is 17.3 Å². The van der Waals surface area contributed by atoms with E-state index in [9.17, 15) is 0 Å². The molecule has 0 radical (unpaired) electrons. The van der Waals surface area contributed by atoms with Gasteiger partial charge in [-0.05, 0) is 39.0 Å². The number of rotatable bonds is 3. The molecule has 1 saturated heterocycles. The van der Waals surface area contributed by atoms with Gasteiger partial charge in [-0.2, -0.15) is 11.8 Å². The van der Waals surface area contributed by atoms with Gasteiger partial charge in [0.25, 0.3) is 0 Å². The molecule has 3 unspecified atom stereocenters. The second-order valence-corrected chi connectivity index (χ2v) is 6.09. The average molecular weight is 228 g/mol. The number of nitrogens with zero attached hydrogens (tertiary/aromatic N) is 1. The van der Waals surface area contributed by atoms with Crippen molar-refractivity contribution in [3.63, 3.8) is 0 Å². The van der Waals surface area contributed by atoms with E-state index in [1.807, 2.05) is 0 Å². The molecule has 2 aliphatic rings. The second-order valence-electron chi connectivity index (χ2n) is 4.95. The molecule has 88 valence electrons. The third-order valence-electron chi connectivity index (χ3n) is 4.08. The predicted molar refractivity (Wildman–Crippen MR) is 68.6 cm³/mol. The summed E-state index contributed by atoms with van der Waals surface area (Å²) >= 11 is 2.07. The zero-order valence-corrected chi connectivity index (χ0v) is 10.9. The zero-order valence-electron chi connectivity index (χ0n) is 10.0. The van der Waals surface area contributed by atoms with Crippen molar-refractivity contribution in [2.75, 3.05) is 26.4 Å². The number of thioether (sulfide) groups is 1. The molecule has 1 saturated carbocycles. The lowest BCUT2D eigenvalue weighted by molar-refractivity contribution is 0.191. The summed E-state index contributed by atoms with van der Waals surface area (Å²) in [5, 5.41) is 4.34. The fourth-order valence-electron chi connectivity index (χ4n) is 3.02. The van der Waals surface area contributed by atoms with Crippen LogP contribution in [-0.2, 0) is 0 Å². The van der Waals surface area contributed by atoms with Gasteiger partial charge in [-0.25, -0.2) is 0 Å². The number of nitrogens with one attached hydrogen (secondary N) is 1. The minimum atomic E-state index is 0.750. The highest BCUT2D eigenvalue weighted by Gasteiger charge is 2.30. The van der Waals surface area contributed by atoms with Gasteiger partial charge in [0.2, 0.25) is 0 Å². The van der Waals surface area contributed by atoms with Gasteiger partial charge in [0.05, 0.1) is 0 Å². The maximum atomic E-state index is 3.41. The molecule has 0 amide bonds. The van der Waals surface area contributed by atoms with Crippen LogP contribution in [0.2, 0.25) is 0 Å². The lowest BCUT2D eigenvalue weighted by Crippen LogP contribution is -2.40. The van der Waals surface area contributed by atoms with E-state index in [4.69, 9.17) is 0 Å². The summed E-state index contributed by atoms with van der Waals surface area (Å²) in [4.78, 5) is 2.73. The molecule has 3 atom stereocenters. The molecule has 1 aliphatic heterocycles. The Hall–Kier alpha value is 0.270. The van der Waals surface area contributed by atoms with Crippen molar-refractivity contribution < 1.29 is 0 Å². The van der Waals surface area contributed by atoms with Crippen molar-refractivity contribution in [1.29, 1.82) is 0 Å². The number of likely N-dealkylation sites (N-methyl/N-ethyl adjacent to an activating group) is 1. The first kappa shape index (κ1) is 11.7. The second kappa shape index (κ2) is 5.55. The first-order valence-corrected chi connectivity index (χ1v) is 7.56. The van der Waals surface area contributed by atoms with Gasteiger partial charge in [0, 0.05) is 30.4 Å². The van der Waals surface area contributed by atoms with Gasteiger partial charge >= 0.3 is 0 Å². The lowest BCUT2D eigenvalue weighted by Gasteiger charge is -2.34. The van der Waals surface area contributed by atoms with Crippen LogP contribution in [0.1, 0.15) is 32.1 Å². The van der Waals surface area contributed by atoms with Crippen molar-refractivity contribution in [2.24, 2.45) is 0 Å². The third-order valence-corrected chi connectivity index (χ3v) is 5.17. The van der Waals surface area contributed by atoms with Crippen LogP contribution in [0.4, 0.5) is 0 Å². The highest BCUT2D eigenvalue weighted by molar-refractivity contribution is 7.99. The topological polar surface area (TPSA) is 15.3 Å². The molecular formula is C12H24N2S. The van der Waals surface area contributed by atoms with Crippen LogP contribution in [0, 0.1) is 0 Å². The van der Waals surface area contributed by atoms with Crippen LogP contribution < -0.4 is 5.32 Å². The number of likely N-dealkylation sites (tertiary alicyclic amines) is 1. The smallest absolute Gasteiger partial charge is 0.0204 e. The van der Waals surface area contributed by atoms with Crippen molar-refractivity contribution in [2.45, 2.75) is 49.4 Å². The first-order chi connectivity index (χ1) is 7.33. The van der Waals surface area contributed by atoms with E-state index in [2.05, 4.69) is 35.3 Å². The van der Waals surface area contributed by atoms with E-state index in [1.54, 1.807) is 0 Å². The van der Waals surface area contributed by atoms with Crippen LogP contribution in [0.3, 0.4) is 0 Å². The maximum Gasteiger partial charge on any atom is 0.0204 e. The van der Waals surface area contributed by atoms with Crippen molar-refractivity contribution in [3.8, 4) is 0 Å². The predicted octanol–water partition coefficient (Wildman–Crippen LogP) is 1.95. The standard InChI is InChI=1S/C12H24N2S/c1-13-10-6-7-14(9-10)11-4-3-5-12(8-11)15-2/h10-13H,3-9H2,1-2H3. The molecule has 2 nitrogen and oxygen atoms in total. The minimum Gasteiger partial charge on any atom is -0.316 e. The highest BCUT2D eigenvalue weighted by atomic mass is 32.2. The summed E-state index contributed by atoms with van der Waals surface area (Å²) in [6.45, 7) is 2.60. The largest absolute Gasteiger partial charge is 0.316 e. The summed E-state index contributed by atoms with van der Waals surface area (Å²) in [5.41, 5.74) is 0. The molecule has 1 heterocycles. The third kappa shape index (κ3) is 2.89. The average Bonchev–Trinajstić information content (AvgIpc) is 2.78. The van der Waals surface area contributed by atoms with Gasteiger partial charge < -0.3 is 5.32 Å². The fourth-order valence-corrected chi connectivity index (χ4v) is 3.84. The Kier molecular flexibility index (Phi) is 4.35. The van der Waals surface area contributed by atoms with Crippen molar-refractivity contribution in [3.05, 3.63) is 0 Å². The van der Waals surface area contributed by atoms with Gasteiger partial charge in [0.1, 0.15) is 0 Å². The molecule has 0 aromatic carbocycles. The Morgan fingerprint density at radius 3 is 2.80 bits per heavy atom. The molecule has 0 aromatic rings. The molecule has 15 heavy (non-hydrogen) atoms. The molecule has 3 heteroatoms. The SMILES string of the molecule is CNC1CCN(C2CCCC(SC)C2)C1. The first-order valence-electron chi connectivity index (χ1n) is 6.27. The van der Waals surface area contributed by atoms with E-state index >= 15 is 0 Å². The van der Waals surface area contributed by atoms with Gasteiger partial charge in [0.15, 0.2) is 0 Å². The molecular weight excluding hydrogens is 204 g/mol. The van der Waals surface area contributed by atoms with Gasteiger partial charge in [-0.1, -0.05) is 6.42 Å². The maximum absolute atomic E-state index is 3.41. The number of hydrogen-bond acceptors (Lipinski definition) is 3. The molecule has 2 fully saturated rings. The molecule has 2 rings (SSSR count). The summed E-state index contributed by atoms with van der Waals surface area (Å²) in [6.07, 6.45) is 9.37. The summed E-state index contributed by atoms with van der Waals surface area (Å²) in [6, 6.07) is 1.63. The van der Waals surface area contributed by atoms with Crippen LogP contribution in [-0.4, -0.2) is 48.6 Å². The van der Waals surface area contributed by atoms with E-state index in [1.165, 1.54) is 45.2 Å². The summed E-state index contributed by atoms with van der Waals surface area (Å²) < 4.78 is 0. The molecule has 0 bridgehead atoms. The Morgan fingerprint density at radius 1 is 1.27 bits per heavy atom.